The summed E-state index contributed by atoms with van der Waals surface area (Å²) < 4.78 is 17.4. The summed E-state index contributed by atoms with van der Waals surface area (Å²) in [6.45, 7) is 5.94. The van der Waals surface area contributed by atoms with Crippen LogP contribution in [0.3, 0.4) is 0 Å². The zero-order valence-electron chi connectivity index (χ0n) is 13.1. The maximum atomic E-state index is 6.35. The van der Waals surface area contributed by atoms with Gasteiger partial charge >= 0.3 is 0 Å². The highest BCUT2D eigenvalue weighted by Crippen LogP contribution is 2.50. The summed E-state index contributed by atoms with van der Waals surface area (Å²) in [5.74, 6) is 1.81. The van der Waals surface area contributed by atoms with E-state index in [0.717, 1.165) is 43.9 Å². The van der Waals surface area contributed by atoms with Crippen LogP contribution in [0.25, 0.3) is 0 Å². The molecule has 0 bridgehead atoms. The lowest BCUT2D eigenvalue weighted by atomic mass is 9.71. The number of fused-ring (bicyclic) bond motifs is 1. The van der Waals surface area contributed by atoms with Crippen LogP contribution in [0.5, 0.6) is 11.5 Å². The molecule has 1 unspecified atom stereocenters. The fourth-order valence-electron chi connectivity index (χ4n) is 3.58. The maximum Gasteiger partial charge on any atom is 0.128 e. The zero-order chi connectivity index (χ0) is 14.9. The number of methoxy groups -OCH3 is 1. The van der Waals surface area contributed by atoms with Crippen LogP contribution < -0.4 is 14.8 Å². The van der Waals surface area contributed by atoms with Crippen LogP contribution in [-0.2, 0) is 4.74 Å². The van der Waals surface area contributed by atoms with E-state index in [1.807, 2.05) is 19.1 Å². The summed E-state index contributed by atoms with van der Waals surface area (Å²) in [4.78, 5) is 0. The first-order valence-corrected chi connectivity index (χ1v) is 7.91. The van der Waals surface area contributed by atoms with E-state index in [2.05, 4.69) is 18.3 Å². The minimum absolute atomic E-state index is 0.0635. The van der Waals surface area contributed by atoms with Crippen LogP contribution in [0.1, 0.15) is 44.7 Å². The molecule has 1 aliphatic heterocycles. The highest BCUT2D eigenvalue weighted by Gasteiger charge is 2.51. The second-order valence-electron chi connectivity index (χ2n) is 5.99. The van der Waals surface area contributed by atoms with Gasteiger partial charge in [0, 0.05) is 43.5 Å². The van der Waals surface area contributed by atoms with E-state index < -0.39 is 0 Å². The Balaban J connectivity index is 1.82. The lowest BCUT2D eigenvalue weighted by Gasteiger charge is -2.51. The first-order chi connectivity index (χ1) is 10.2. The molecule has 1 aromatic carbocycles. The summed E-state index contributed by atoms with van der Waals surface area (Å²) in [5.41, 5.74) is 1.18. The van der Waals surface area contributed by atoms with Crippen molar-refractivity contribution in [2.45, 2.75) is 50.9 Å². The number of hydrogen-bond donors (Lipinski definition) is 1. The molecular weight excluding hydrogens is 266 g/mol. The molecule has 116 valence electrons. The number of hydrogen-bond acceptors (Lipinski definition) is 4. The Bertz CT molecular complexity index is 497. The molecule has 0 saturated heterocycles. The average molecular weight is 291 g/mol. The van der Waals surface area contributed by atoms with Crippen molar-refractivity contribution in [1.29, 1.82) is 0 Å². The van der Waals surface area contributed by atoms with Gasteiger partial charge in [0.2, 0.25) is 0 Å². The van der Waals surface area contributed by atoms with Crippen molar-refractivity contribution in [2.24, 2.45) is 0 Å². The fraction of sp³-hybridized carbons (Fsp3) is 0.647. The first-order valence-electron chi connectivity index (χ1n) is 7.91. The molecule has 1 spiro atoms. The summed E-state index contributed by atoms with van der Waals surface area (Å²) in [6.07, 6.45) is 3.34. The molecule has 1 saturated carbocycles. The molecule has 0 amide bonds. The SMILES string of the molecule is CCNC1CC2(CC(OCC)C2)Oc2cc(OC)ccc21. The molecule has 21 heavy (non-hydrogen) atoms. The van der Waals surface area contributed by atoms with E-state index in [1.165, 1.54) is 5.56 Å². The maximum absolute atomic E-state index is 6.35. The Morgan fingerprint density at radius 3 is 2.76 bits per heavy atom. The van der Waals surface area contributed by atoms with Crippen molar-refractivity contribution in [3.05, 3.63) is 23.8 Å². The molecule has 0 radical (unpaired) electrons. The van der Waals surface area contributed by atoms with Crippen LogP contribution in [0.4, 0.5) is 0 Å². The summed E-state index contributed by atoms with van der Waals surface area (Å²) in [6, 6.07) is 6.49. The summed E-state index contributed by atoms with van der Waals surface area (Å²) in [5, 5.41) is 3.59. The van der Waals surface area contributed by atoms with Crippen LogP contribution >= 0.6 is 0 Å². The normalized spacial score (nSPS) is 30.4. The van der Waals surface area contributed by atoms with Gasteiger partial charge in [0.15, 0.2) is 0 Å². The molecule has 1 fully saturated rings. The third kappa shape index (κ3) is 2.74. The van der Waals surface area contributed by atoms with Gasteiger partial charge in [-0.15, -0.1) is 0 Å². The van der Waals surface area contributed by atoms with Gasteiger partial charge in [0.1, 0.15) is 17.1 Å². The molecule has 3 rings (SSSR count). The lowest BCUT2D eigenvalue weighted by Crippen LogP contribution is -2.56. The molecule has 1 atom stereocenters. The molecule has 1 aliphatic carbocycles. The first kappa shape index (κ1) is 14.7. The van der Waals surface area contributed by atoms with Gasteiger partial charge in [-0.1, -0.05) is 13.0 Å². The quantitative estimate of drug-likeness (QED) is 0.905. The highest BCUT2D eigenvalue weighted by molar-refractivity contribution is 5.45. The fourth-order valence-corrected chi connectivity index (χ4v) is 3.58. The number of nitrogens with one attached hydrogen (secondary N) is 1. The average Bonchev–Trinajstić information content (AvgIpc) is 2.45. The van der Waals surface area contributed by atoms with Gasteiger partial charge < -0.3 is 19.5 Å². The molecule has 4 heteroatoms. The van der Waals surface area contributed by atoms with Crippen LogP contribution in [-0.4, -0.2) is 32.0 Å². The number of ether oxygens (including phenoxy) is 3. The number of rotatable bonds is 5. The summed E-state index contributed by atoms with van der Waals surface area (Å²) >= 11 is 0. The van der Waals surface area contributed by atoms with Gasteiger partial charge in [-0.05, 0) is 19.5 Å². The third-order valence-electron chi connectivity index (χ3n) is 4.55. The van der Waals surface area contributed by atoms with E-state index in [1.54, 1.807) is 7.11 Å². The van der Waals surface area contributed by atoms with Crippen LogP contribution in [0.2, 0.25) is 0 Å². The van der Waals surface area contributed by atoms with Crippen molar-refractivity contribution in [3.8, 4) is 11.5 Å². The van der Waals surface area contributed by atoms with E-state index >= 15 is 0 Å². The van der Waals surface area contributed by atoms with E-state index in [4.69, 9.17) is 14.2 Å². The summed E-state index contributed by atoms with van der Waals surface area (Å²) in [7, 11) is 1.69. The minimum atomic E-state index is -0.0635. The van der Waals surface area contributed by atoms with E-state index in [9.17, 15) is 0 Å². The monoisotopic (exact) mass is 291 g/mol. The molecule has 4 nitrogen and oxygen atoms in total. The van der Waals surface area contributed by atoms with Crippen molar-refractivity contribution < 1.29 is 14.2 Å². The Morgan fingerprint density at radius 2 is 2.10 bits per heavy atom. The molecule has 1 N–H and O–H groups in total. The molecule has 1 heterocycles. The minimum Gasteiger partial charge on any atom is -0.497 e. The molecule has 1 aromatic rings. The molecular formula is C17H25NO3. The van der Waals surface area contributed by atoms with Gasteiger partial charge in [-0.2, -0.15) is 0 Å². The molecule has 0 aromatic heterocycles. The smallest absolute Gasteiger partial charge is 0.128 e. The Labute approximate surface area is 126 Å². The predicted octanol–water partition coefficient (Wildman–Crippen LogP) is 3.07. The highest BCUT2D eigenvalue weighted by atomic mass is 16.5. The van der Waals surface area contributed by atoms with Gasteiger partial charge in [-0.25, -0.2) is 0 Å². The lowest BCUT2D eigenvalue weighted by molar-refractivity contribution is -0.135. The van der Waals surface area contributed by atoms with Crippen LogP contribution in [0, 0.1) is 0 Å². The van der Waals surface area contributed by atoms with E-state index in [0.29, 0.717) is 12.1 Å². The Hall–Kier alpha value is -1.26. The van der Waals surface area contributed by atoms with Gasteiger partial charge in [0.25, 0.3) is 0 Å². The van der Waals surface area contributed by atoms with Crippen molar-refractivity contribution in [3.63, 3.8) is 0 Å². The second-order valence-corrected chi connectivity index (χ2v) is 5.99. The van der Waals surface area contributed by atoms with Crippen LogP contribution in [0.15, 0.2) is 18.2 Å². The predicted molar refractivity (Wildman–Crippen MR) is 82.0 cm³/mol. The van der Waals surface area contributed by atoms with Crippen molar-refractivity contribution in [2.75, 3.05) is 20.3 Å². The molecule has 2 aliphatic rings. The van der Waals surface area contributed by atoms with E-state index in [-0.39, 0.29) is 5.60 Å². The number of benzene rings is 1. The largest absolute Gasteiger partial charge is 0.497 e. The van der Waals surface area contributed by atoms with Crippen molar-refractivity contribution in [1.82, 2.24) is 5.32 Å². The Morgan fingerprint density at radius 1 is 1.29 bits per heavy atom. The van der Waals surface area contributed by atoms with Gasteiger partial charge in [-0.3, -0.25) is 0 Å². The standard InChI is InChI=1S/C17H25NO3/c1-4-18-15-11-17(9-13(10-17)20-5-2)21-16-8-12(19-3)6-7-14(15)16/h6-8,13,15,18H,4-5,9-11H2,1-3H3. The second kappa shape index (κ2) is 5.85. The zero-order valence-corrected chi connectivity index (χ0v) is 13.1. The van der Waals surface area contributed by atoms with Gasteiger partial charge in [0.05, 0.1) is 13.2 Å². The topological polar surface area (TPSA) is 39.7 Å². The van der Waals surface area contributed by atoms with Crippen molar-refractivity contribution >= 4 is 0 Å². The third-order valence-corrected chi connectivity index (χ3v) is 4.55. The Kier molecular flexibility index (Phi) is 4.09.